The predicted octanol–water partition coefficient (Wildman–Crippen LogP) is 3.14. The van der Waals surface area contributed by atoms with E-state index in [1.165, 1.54) is 6.07 Å². The fourth-order valence-electron chi connectivity index (χ4n) is 5.03. The lowest BCUT2D eigenvalue weighted by Gasteiger charge is -2.46. The molecule has 2 heterocycles. The molecule has 1 aliphatic heterocycles. The number of hydrogen-bond acceptors (Lipinski definition) is 4. The maximum Gasteiger partial charge on any atom is 0.416 e. The smallest absolute Gasteiger partial charge is 0.349 e. The summed E-state index contributed by atoms with van der Waals surface area (Å²) in [6.07, 6.45) is 2.18. The van der Waals surface area contributed by atoms with E-state index >= 15 is 0 Å². The first kappa shape index (κ1) is 25.9. The van der Waals surface area contributed by atoms with Gasteiger partial charge in [-0.3, -0.25) is 19.3 Å². The molecule has 0 spiro atoms. The number of aryl methyl sites for hydroxylation is 1. The van der Waals surface area contributed by atoms with Gasteiger partial charge in [-0.25, -0.2) is 0 Å². The lowest BCUT2D eigenvalue weighted by Crippen LogP contribution is -2.63. The summed E-state index contributed by atoms with van der Waals surface area (Å²) in [6, 6.07) is 8.24. The molecule has 36 heavy (non-hydrogen) atoms. The summed E-state index contributed by atoms with van der Waals surface area (Å²) in [7, 11) is 0. The first-order chi connectivity index (χ1) is 17.1. The molecule has 0 atom stereocenters. The van der Waals surface area contributed by atoms with Gasteiger partial charge in [0.25, 0.3) is 11.5 Å². The van der Waals surface area contributed by atoms with Crippen molar-refractivity contribution in [3.63, 3.8) is 0 Å². The van der Waals surface area contributed by atoms with E-state index < -0.39 is 17.6 Å². The molecule has 2 fully saturated rings. The van der Waals surface area contributed by atoms with Crippen LogP contribution in [0.5, 0.6) is 0 Å². The van der Waals surface area contributed by atoms with Crippen LogP contribution in [0.1, 0.15) is 60.1 Å². The van der Waals surface area contributed by atoms with Gasteiger partial charge in [0.05, 0.1) is 18.2 Å². The van der Waals surface area contributed by atoms with Crippen molar-refractivity contribution in [3.8, 4) is 0 Å². The standard InChI is InChI=1S/C26H31F3N4O3/c1-2-17-6-11-24(35)33(14-17)22-9-7-21(8-10-22)32-15-20(16-32)31-23(34)13-30-25(36)18-4-3-5-19(12-18)26(27,28)29/h3-6,11-12,14,20-22H,2,7-10,13,15-16H2,1H3,(H,30,36)(H,31,34). The number of amides is 2. The number of hydrogen-bond donors (Lipinski definition) is 2. The molecule has 0 bridgehead atoms. The number of carbonyl (C=O) groups excluding carboxylic acids is 2. The van der Waals surface area contributed by atoms with Crippen LogP contribution >= 0.6 is 0 Å². The predicted molar refractivity (Wildman–Crippen MR) is 129 cm³/mol. The zero-order chi connectivity index (χ0) is 25.9. The molecule has 0 radical (unpaired) electrons. The number of halogens is 3. The minimum Gasteiger partial charge on any atom is -0.349 e. The van der Waals surface area contributed by atoms with E-state index in [-0.39, 0.29) is 35.7 Å². The van der Waals surface area contributed by atoms with Crippen molar-refractivity contribution in [1.82, 2.24) is 20.1 Å². The second kappa shape index (κ2) is 10.9. The topological polar surface area (TPSA) is 83.4 Å². The van der Waals surface area contributed by atoms with Gasteiger partial charge < -0.3 is 15.2 Å². The maximum atomic E-state index is 12.8. The molecule has 0 unspecified atom stereocenters. The molecule has 10 heteroatoms. The Balaban J connectivity index is 1.18. The van der Waals surface area contributed by atoms with Gasteiger partial charge in [0.15, 0.2) is 0 Å². The average Bonchev–Trinajstić information content (AvgIpc) is 2.84. The molecule has 1 saturated heterocycles. The van der Waals surface area contributed by atoms with Crippen LogP contribution in [0.2, 0.25) is 0 Å². The number of pyridine rings is 1. The van der Waals surface area contributed by atoms with Crippen LogP contribution in [0.15, 0.2) is 47.4 Å². The third kappa shape index (κ3) is 6.16. The lowest BCUT2D eigenvalue weighted by atomic mass is 9.87. The highest BCUT2D eigenvalue weighted by Gasteiger charge is 2.35. The van der Waals surface area contributed by atoms with E-state index in [0.29, 0.717) is 19.1 Å². The number of alkyl halides is 3. The Hall–Kier alpha value is -3.14. The molecule has 1 saturated carbocycles. The van der Waals surface area contributed by atoms with E-state index in [0.717, 1.165) is 55.9 Å². The quantitative estimate of drug-likeness (QED) is 0.607. The number of nitrogens with one attached hydrogen (secondary N) is 2. The highest BCUT2D eigenvalue weighted by Crippen LogP contribution is 2.32. The molecule has 1 aliphatic carbocycles. The highest BCUT2D eigenvalue weighted by molar-refractivity contribution is 5.96. The molecule has 7 nitrogen and oxygen atoms in total. The summed E-state index contributed by atoms with van der Waals surface area (Å²) in [5, 5.41) is 5.24. The molecule has 1 aromatic carbocycles. The number of benzene rings is 1. The summed E-state index contributed by atoms with van der Waals surface area (Å²) in [6.45, 7) is 3.20. The highest BCUT2D eigenvalue weighted by atomic mass is 19.4. The second-order valence-corrected chi connectivity index (χ2v) is 9.58. The maximum absolute atomic E-state index is 12.8. The minimum absolute atomic E-state index is 0.0236. The number of likely N-dealkylation sites (tertiary alicyclic amines) is 1. The van der Waals surface area contributed by atoms with Crippen molar-refractivity contribution in [3.05, 3.63) is 69.6 Å². The van der Waals surface area contributed by atoms with Crippen LogP contribution in [0.4, 0.5) is 13.2 Å². The molecule has 2 aromatic rings. The molecule has 1 aromatic heterocycles. The Bertz CT molecular complexity index is 1150. The van der Waals surface area contributed by atoms with Crippen LogP contribution in [0, 0.1) is 0 Å². The molecule has 4 rings (SSSR count). The van der Waals surface area contributed by atoms with E-state index in [9.17, 15) is 27.6 Å². The van der Waals surface area contributed by atoms with Gasteiger partial charge in [-0.15, -0.1) is 0 Å². The molecule has 2 N–H and O–H groups in total. The van der Waals surface area contributed by atoms with Gasteiger partial charge in [0.2, 0.25) is 5.91 Å². The van der Waals surface area contributed by atoms with Crippen molar-refractivity contribution in [2.24, 2.45) is 0 Å². The van der Waals surface area contributed by atoms with Crippen molar-refractivity contribution >= 4 is 11.8 Å². The van der Waals surface area contributed by atoms with Gasteiger partial charge in [-0.1, -0.05) is 19.1 Å². The van der Waals surface area contributed by atoms with Crippen LogP contribution < -0.4 is 16.2 Å². The first-order valence-electron chi connectivity index (χ1n) is 12.3. The second-order valence-electron chi connectivity index (χ2n) is 9.58. The normalized spacial score (nSPS) is 21.0. The molecule has 2 aliphatic rings. The van der Waals surface area contributed by atoms with Gasteiger partial charge >= 0.3 is 6.18 Å². The van der Waals surface area contributed by atoms with Crippen molar-refractivity contribution in [2.75, 3.05) is 19.6 Å². The van der Waals surface area contributed by atoms with Crippen LogP contribution in [-0.2, 0) is 17.4 Å². The Morgan fingerprint density at radius 2 is 1.72 bits per heavy atom. The Morgan fingerprint density at radius 3 is 2.39 bits per heavy atom. The van der Waals surface area contributed by atoms with E-state index in [1.54, 1.807) is 6.07 Å². The van der Waals surface area contributed by atoms with E-state index in [4.69, 9.17) is 0 Å². The van der Waals surface area contributed by atoms with Crippen LogP contribution in [0.3, 0.4) is 0 Å². The largest absolute Gasteiger partial charge is 0.416 e. The van der Waals surface area contributed by atoms with Gasteiger partial charge in [-0.05, 0) is 55.9 Å². The molecular weight excluding hydrogens is 473 g/mol. The summed E-state index contributed by atoms with van der Waals surface area (Å²) < 4.78 is 40.4. The summed E-state index contributed by atoms with van der Waals surface area (Å²) >= 11 is 0. The molecule has 194 valence electrons. The SMILES string of the molecule is CCc1ccc(=O)n(C2CCC(N3CC(NC(=O)CNC(=O)c4cccc(C(F)(F)F)c4)C3)CC2)c1. The monoisotopic (exact) mass is 504 g/mol. The third-order valence-corrected chi connectivity index (χ3v) is 7.12. The Morgan fingerprint density at radius 1 is 1.03 bits per heavy atom. The Labute approximate surface area is 207 Å². The van der Waals surface area contributed by atoms with Crippen molar-refractivity contribution < 1.29 is 22.8 Å². The summed E-state index contributed by atoms with van der Waals surface area (Å²) in [4.78, 5) is 39.0. The first-order valence-corrected chi connectivity index (χ1v) is 12.3. The van der Waals surface area contributed by atoms with Gasteiger partial charge in [0, 0.05) is 43.0 Å². The fourth-order valence-corrected chi connectivity index (χ4v) is 5.03. The zero-order valence-corrected chi connectivity index (χ0v) is 20.2. The average molecular weight is 505 g/mol. The van der Waals surface area contributed by atoms with Gasteiger partial charge in [0.1, 0.15) is 0 Å². The van der Waals surface area contributed by atoms with Crippen molar-refractivity contribution in [2.45, 2.75) is 63.3 Å². The van der Waals surface area contributed by atoms with Gasteiger partial charge in [-0.2, -0.15) is 13.2 Å². The summed E-state index contributed by atoms with van der Waals surface area (Å²) in [5.41, 5.74) is 0.142. The number of aromatic nitrogens is 1. The molecule has 2 amide bonds. The van der Waals surface area contributed by atoms with E-state index in [1.807, 2.05) is 16.8 Å². The summed E-state index contributed by atoms with van der Waals surface area (Å²) in [5.74, 6) is -1.11. The van der Waals surface area contributed by atoms with Crippen LogP contribution in [-0.4, -0.2) is 53.0 Å². The zero-order valence-electron chi connectivity index (χ0n) is 20.2. The van der Waals surface area contributed by atoms with E-state index in [2.05, 4.69) is 22.5 Å². The number of nitrogens with zero attached hydrogens (tertiary/aromatic N) is 2. The minimum atomic E-state index is -4.54. The van der Waals surface area contributed by atoms with Crippen LogP contribution in [0.25, 0.3) is 0 Å². The number of carbonyl (C=O) groups is 2. The Kier molecular flexibility index (Phi) is 7.82. The molecular formula is C26H31F3N4O3. The number of rotatable bonds is 7. The lowest BCUT2D eigenvalue weighted by molar-refractivity contribution is -0.137. The fraction of sp³-hybridized carbons (Fsp3) is 0.500. The van der Waals surface area contributed by atoms with Crippen molar-refractivity contribution in [1.29, 1.82) is 0 Å². The third-order valence-electron chi connectivity index (χ3n) is 7.12.